The van der Waals surface area contributed by atoms with Crippen molar-refractivity contribution in [2.45, 2.75) is 62.7 Å². The fraction of sp³-hybridized carbons (Fsp3) is 0.379. The van der Waals surface area contributed by atoms with Crippen LogP contribution in [0.2, 0.25) is 0 Å². The summed E-state index contributed by atoms with van der Waals surface area (Å²) in [6, 6.07) is 11.1. The second kappa shape index (κ2) is 10.9. The van der Waals surface area contributed by atoms with Crippen LogP contribution < -0.4 is 10.9 Å². The summed E-state index contributed by atoms with van der Waals surface area (Å²) in [5, 5.41) is 2.80. The molecule has 0 unspecified atom stereocenters. The standard InChI is InChI=1S/C29H28F4N4O3/c1-16-9-17(14-34-27(16)39)10-24(38)37-15-20(30)11-23(37)28(40)36-25(18-5-3-2-4-6-18)22-8-7-21(26(31)35-22)19-12-29(32,33)13-19/h2-9,14,19-20,23,25H,10-13,15H2,1H3,(H,34,39)(H,36,40)/t20-,23+,25+/m1/s1. The lowest BCUT2D eigenvalue weighted by molar-refractivity contribution is -0.138. The number of benzene rings is 1. The van der Waals surface area contributed by atoms with Gasteiger partial charge in [0, 0.05) is 36.6 Å². The van der Waals surface area contributed by atoms with E-state index >= 15 is 0 Å². The Hall–Kier alpha value is -4.02. The van der Waals surface area contributed by atoms with Crippen molar-refractivity contribution in [1.82, 2.24) is 20.2 Å². The van der Waals surface area contributed by atoms with E-state index in [2.05, 4.69) is 15.3 Å². The minimum Gasteiger partial charge on any atom is -0.342 e. The molecule has 2 N–H and O–H groups in total. The normalized spacial score (nSPS) is 21.1. The van der Waals surface area contributed by atoms with E-state index < -0.39 is 60.7 Å². The Balaban J connectivity index is 1.37. The molecule has 0 spiro atoms. The first kappa shape index (κ1) is 27.5. The zero-order valence-corrected chi connectivity index (χ0v) is 21.7. The van der Waals surface area contributed by atoms with Gasteiger partial charge in [0.05, 0.1) is 24.7 Å². The fourth-order valence-electron chi connectivity index (χ4n) is 5.36. The Kier molecular flexibility index (Phi) is 7.48. The van der Waals surface area contributed by atoms with Crippen LogP contribution >= 0.6 is 0 Å². The molecule has 0 bridgehead atoms. The highest BCUT2D eigenvalue weighted by molar-refractivity contribution is 5.89. The number of halogens is 4. The van der Waals surface area contributed by atoms with Gasteiger partial charge in [0.1, 0.15) is 12.2 Å². The summed E-state index contributed by atoms with van der Waals surface area (Å²) >= 11 is 0. The number of nitrogens with zero attached hydrogens (tertiary/aromatic N) is 2. The second-order valence-electron chi connectivity index (χ2n) is 10.5. The zero-order valence-electron chi connectivity index (χ0n) is 21.7. The van der Waals surface area contributed by atoms with Gasteiger partial charge in [-0.05, 0) is 36.1 Å². The highest BCUT2D eigenvalue weighted by Crippen LogP contribution is 2.48. The molecule has 1 saturated heterocycles. The molecule has 1 aliphatic carbocycles. The van der Waals surface area contributed by atoms with Crippen molar-refractivity contribution in [3.8, 4) is 0 Å². The maximum atomic E-state index is 15.0. The van der Waals surface area contributed by atoms with Crippen molar-refractivity contribution >= 4 is 11.8 Å². The molecule has 5 rings (SSSR count). The highest BCUT2D eigenvalue weighted by atomic mass is 19.3. The topological polar surface area (TPSA) is 95.2 Å². The van der Waals surface area contributed by atoms with Crippen LogP contribution in [-0.2, 0) is 16.0 Å². The van der Waals surface area contributed by atoms with Crippen molar-refractivity contribution in [2.75, 3.05) is 6.54 Å². The Morgan fingerprint density at radius 2 is 1.90 bits per heavy atom. The molecule has 0 radical (unpaired) electrons. The molecule has 2 aromatic heterocycles. The molecular weight excluding hydrogens is 528 g/mol. The number of likely N-dealkylation sites (tertiary alicyclic amines) is 1. The summed E-state index contributed by atoms with van der Waals surface area (Å²) in [5.74, 6) is -5.44. The average Bonchev–Trinajstić information content (AvgIpc) is 3.30. The van der Waals surface area contributed by atoms with Gasteiger partial charge in [-0.2, -0.15) is 4.39 Å². The molecule has 2 fully saturated rings. The summed E-state index contributed by atoms with van der Waals surface area (Å²) in [5.41, 5.74) is 1.47. The molecule has 1 saturated carbocycles. The molecule has 11 heteroatoms. The van der Waals surface area contributed by atoms with Crippen molar-refractivity contribution in [1.29, 1.82) is 0 Å². The Morgan fingerprint density at radius 1 is 1.18 bits per heavy atom. The van der Waals surface area contributed by atoms with Crippen molar-refractivity contribution in [2.24, 2.45) is 0 Å². The molecule has 2 aliphatic rings. The largest absolute Gasteiger partial charge is 0.342 e. The van der Waals surface area contributed by atoms with E-state index in [0.29, 0.717) is 16.7 Å². The van der Waals surface area contributed by atoms with Crippen LogP contribution in [0, 0.1) is 12.9 Å². The average molecular weight is 557 g/mol. The predicted octanol–water partition coefficient (Wildman–Crippen LogP) is 4.12. The van der Waals surface area contributed by atoms with Crippen LogP contribution in [0.3, 0.4) is 0 Å². The van der Waals surface area contributed by atoms with Crippen LogP contribution in [0.5, 0.6) is 0 Å². The van der Waals surface area contributed by atoms with E-state index in [9.17, 15) is 31.9 Å². The third-order valence-electron chi connectivity index (χ3n) is 7.52. The Bertz CT molecular complexity index is 1470. The van der Waals surface area contributed by atoms with Crippen LogP contribution in [0.4, 0.5) is 17.6 Å². The Morgan fingerprint density at radius 3 is 2.55 bits per heavy atom. The van der Waals surface area contributed by atoms with Crippen molar-refractivity contribution in [3.05, 3.63) is 99.0 Å². The third kappa shape index (κ3) is 5.78. The van der Waals surface area contributed by atoms with Gasteiger partial charge in [0.2, 0.25) is 23.7 Å². The Labute approximate surface area is 227 Å². The molecule has 1 aliphatic heterocycles. The van der Waals surface area contributed by atoms with Gasteiger partial charge in [-0.25, -0.2) is 18.2 Å². The number of rotatable bonds is 7. The first-order chi connectivity index (χ1) is 19.0. The van der Waals surface area contributed by atoms with Gasteiger partial charge >= 0.3 is 0 Å². The smallest absolute Gasteiger partial charge is 0.250 e. The number of nitrogens with one attached hydrogen (secondary N) is 2. The molecule has 3 atom stereocenters. The van der Waals surface area contributed by atoms with E-state index in [1.807, 2.05) is 0 Å². The first-order valence-corrected chi connectivity index (χ1v) is 13.0. The molecular formula is C29H28F4N4O3. The number of H-pyrrole nitrogens is 1. The molecule has 2 amide bonds. The number of pyridine rings is 2. The summed E-state index contributed by atoms with van der Waals surface area (Å²) in [6.45, 7) is 1.34. The third-order valence-corrected chi connectivity index (χ3v) is 7.52. The summed E-state index contributed by atoms with van der Waals surface area (Å²) in [4.78, 5) is 45.9. The SMILES string of the molecule is Cc1cc(CC(=O)N2C[C@H](F)C[C@H]2C(=O)N[C@@H](c2ccccc2)c2ccc(C3CC(F)(F)C3)c(F)n2)c[nH]c1=O. The van der Waals surface area contributed by atoms with Crippen molar-refractivity contribution in [3.63, 3.8) is 0 Å². The highest BCUT2D eigenvalue weighted by Gasteiger charge is 2.47. The molecule has 210 valence electrons. The quantitative estimate of drug-likeness (QED) is 0.338. The number of aromatic amines is 1. The van der Waals surface area contributed by atoms with E-state index in [0.717, 1.165) is 0 Å². The number of alkyl halides is 3. The van der Waals surface area contributed by atoms with Crippen LogP contribution in [0.25, 0.3) is 0 Å². The minimum absolute atomic E-state index is 0.0955. The van der Waals surface area contributed by atoms with Gasteiger partial charge in [-0.3, -0.25) is 14.4 Å². The number of carbonyl (C=O) groups is 2. The second-order valence-corrected chi connectivity index (χ2v) is 10.5. The fourth-order valence-corrected chi connectivity index (χ4v) is 5.36. The van der Waals surface area contributed by atoms with E-state index in [4.69, 9.17) is 0 Å². The lowest BCUT2D eigenvalue weighted by Crippen LogP contribution is -2.47. The number of hydrogen-bond donors (Lipinski definition) is 2. The van der Waals surface area contributed by atoms with Crippen molar-refractivity contribution < 1.29 is 27.2 Å². The predicted molar refractivity (Wildman–Crippen MR) is 138 cm³/mol. The minimum atomic E-state index is -2.81. The zero-order chi connectivity index (χ0) is 28.6. The molecule has 40 heavy (non-hydrogen) atoms. The lowest BCUT2D eigenvalue weighted by Gasteiger charge is -2.35. The lowest BCUT2D eigenvalue weighted by atomic mass is 9.77. The summed E-state index contributed by atoms with van der Waals surface area (Å²) in [7, 11) is 0. The molecule has 3 aromatic rings. The number of carbonyl (C=O) groups excluding carboxylic acids is 2. The van der Waals surface area contributed by atoms with Gasteiger partial charge in [0.15, 0.2) is 0 Å². The van der Waals surface area contributed by atoms with Gasteiger partial charge in [-0.15, -0.1) is 0 Å². The molecule has 3 heterocycles. The maximum Gasteiger partial charge on any atom is 0.250 e. The van der Waals surface area contributed by atoms with Crippen LogP contribution in [0.15, 0.2) is 59.5 Å². The van der Waals surface area contributed by atoms with Crippen LogP contribution in [0.1, 0.15) is 59.2 Å². The van der Waals surface area contributed by atoms with E-state index in [1.165, 1.54) is 23.2 Å². The number of amides is 2. The number of hydrogen-bond acceptors (Lipinski definition) is 4. The monoisotopic (exact) mass is 556 g/mol. The number of aryl methyl sites for hydroxylation is 1. The van der Waals surface area contributed by atoms with Crippen LogP contribution in [-0.4, -0.2) is 51.4 Å². The molecule has 1 aromatic carbocycles. The van der Waals surface area contributed by atoms with E-state index in [-0.39, 0.29) is 36.2 Å². The summed E-state index contributed by atoms with van der Waals surface area (Å²) in [6.07, 6.45) is -1.24. The summed E-state index contributed by atoms with van der Waals surface area (Å²) < 4.78 is 56.2. The van der Waals surface area contributed by atoms with Gasteiger partial charge in [0.25, 0.3) is 5.56 Å². The molecule has 7 nitrogen and oxygen atoms in total. The van der Waals surface area contributed by atoms with Gasteiger partial charge < -0.3 is 15.2 Å². The van der Waals surface area contributed by atoms with Gasteiger partial charge in [-0.1, -0.05) is 36.4 Å². The van der Waals surface area contributed by atoms with E-state index in [1.54, 1.807) is 43.3 Å². The first-order valence-electron chi connectivity index (χ1n) is 13.0. The maximum absolute atomic E-state index is 15.0. The number of aromatic nitrogens is 2.